The lowest BCUT2D eigenvalue weighted by Gasteiger charge is -2.34. The molecule has 1 aromatic carbocycles. The molecule has 0 N–H and O–H groups in total. The van der Waals surface area contributed by atoms with Gasteiger partial charge in [-0.05, 0) is 49.9 Å². The first-order chi connectivity index (χ1) is 14.2. The summed E-state index contributed by atoms with van der Waals surface area (Å²) in [5.41, 5.74) is 2.89. The number of carbonyl (C=O) groups excluding carboxylic acids is 1. The lowest BCUT2D eigenvalue weighted by molar-refractivity contribution is 0.0698. The van der Waals surface area contributed by atoms with Gasteiger partial charge in [-0.3, -0.25) is 4.79 Å². The van der Waals surface area contributed by atoms with E-state index in [0.29, 0.717) is 11.6 Å². The molecule has 2 aromatic rings. The summed E-state index contributed by atoms with van der Waals surface area (Å²) in [6.45, 7) is 8.07. The number of likely N-dealkylation sites (tertiary alicyclic amines) is 1. The smallest absolute Gasteiger partial charge is 0.274 e. The predicted octanol–water partition coefficient (Wildman–Crippen LogP) is 2.37. The van der Waals surface area contributed by atoms with Gasteiger partial charge < -0.3 is 19.2 Å². The fraction of sp³-hybridized carbons (Fsp3) is 0.500. The molecule has 0 aliphatic carbocycles. The van der Waals surface area contributed by atoms with Gasteiger partial charge in [0.2, 0.25) is 0 Å². The molecule has 7 heteroatoms. The molecule has 0 atom stereocenters. The average molecular weight is 396 g/mol. The zero-order valence-corrected chi connectivity index (χ0v) is 17.1. The molecule has 0 radical (unpaired) electrons. The van der Waals surface area contributed by atoms with Crippen LogP contribution in [-0.4, -0.2) is 64.7 Å². The summed E-state index contributed by atoms with van der Waals surface area (Å²) >= 11 is 0. The van der Waals surface area contributed by atoms with Crippen LogP contribution in [0.25, 0.3) is 0 Å². The van der Waals surface area contributed by atoms with Crippen LogP contribution >= 0.6 is 0 Å². The van der Waals surface area contributed by atoms with Crippen LogP contribution in [0.15, 0.2) is 35.7 Å². The van der Waals surface area contributed by atoms with E-state index in [0.717, 1.165) is 69.9 Å². The Labute approximate surface area is 172 Å². The van der Waals surface area contributed by atoms with E-state index < -0.39 is 0 Å². The van der Waals surface area contributed by atoms with Crippen LogP contribution in [0.4, 0.5) is 0 Å². The molecule has 1 amide bonds. The normalized spacial score (nSPS) is 18.0. The van der Waals surface area contributed by atoms with Gasteiger partial charge in [0.25, 0.3) is 5.91 Å². The molecule has 154 valence electrons. The maximum atomic E-state index is 12.7. The fourth-order valence-corrected chi connectivity index (χ4v) is 4.45. The van der Waals surface area contributed by atoms with Crippen LogP contribution in [0.5, 0.6) is 5.75 Å². The average Bonchev–Trinajstić information content (AvgIpc) is 3.12. The number of oxime groups is 1. The van der Waals surface area contributed by atoms with Gasteiger partial charge >= 0.3 is 0 Å². The Kier molecular flexibility index (Phi) is 5.94. The molecular formula is C22H29N5O2. The van der Waals surface area contributed by atoms with Crippen LogP contribution in [0, 0.1) is 5.92 Å². The summed E-state index contributed by atoms with van der Waals surface area (Å²) < 4.78 is 1.96. The van der Waals surface area contributed by atoms with Crippen molar-refractivity contribution in [3.63, 3.8) is 0 Å². The highest BCUT2D eigenvalue weighted by Gasteiger charge is 2.28. The first-order valence-corrected chi connectivity index (χ1v) is 10.4. The highest BCUT2D eigenvalue weighted by Crippen LogP contribution is 2.27. The van der Waals surface area contributed by atoms with Crippen LogP contribution in [0.2, 0.25) is 0 Å². The Morgan fingerprint density at radius 3 is 2.79 bits per heavy atom. The monoisotopic (exact) mass is 395 g/mol. The van der Waals surface area contributed by atoms with Gasteiger partial charge in [-0.25, -0.2) is 4.98 Å². The molecule has 29 heavy (non-hydrogen) atoms. The lowest BCUT2D eigenvalue weighted by Crippen LogP contribution is -2.44. The van der Waals surface area contributed by atoms with Crippen molar-refractivity contribution in [3.8, 4) is 5.75 Å². The van der Waals surface area contributed by atoms with Crippen LogP contribution < -0.4 is 4.84 Å². The number of hydrogen-bond acceptors (Lipinski definition) is 5. The van der Waals surface area contributed by atoms with Gasteiger partial charge in [0.05, 0.1) is 12.0 Å². The number of para-hydroxylation sites is 1. The maximum absolute atomic E-state index is 12.7. The number of benzene rings is 1. The molecule has 1 fully saturated rings. The van der Waals surface area contributed by atoms with Gasteiger partial charge in [-0.2, -0.15) is 0 Å². The first kappa shape index (κ1) is 19.6. The van der Waals surface area contributed by atoms with Crippen molar-refractivity contribution in [2.24, 2.45) is 18.1 Å². The summed E-state index contributed by atoms with van der Waals surface area (Å²) in [5.74, 6) is 1.53. The summed E-state index contributed by atoms with van der Waals surface area (Å²) in [6.07, 6.45) is 5.96. The number of hydrogen-bond donors (Lipinski definition) is 0. The van der Waals surface area contributed by atoms with Crippen molar-refractivity contribution in [3.05, 3.63) is 47.5 Å². The second-order valence-electron chi connectivity index (χ2n) is 8.01. The molecule has 4 rings (SSSR count). The minimum absolute atomic E-state index is 0.0779. The highest BCUT2D eigenvalue weighted by atomic mass is 16.6. The third kappa shape index (κ3) is 4.34. The van der Waals surface area contributed by atoms with Gasteiger partial charge in [0, 0.05) is 39.8 Å². The van der Waals surface area contributed by atoms with Gasteiger partial charge in [0.15, 0.2) is 5.75 Å². The molecule has 0 saturated carbocycles. The van der Waals surface area contributed by atoms with Crippen LogP contribution in [-0.2, 0) is 19.9 Å². The quantitative estimate of drug-likeness (QED) is 0.533. The largest absolute Gasteiger partial charge is 0.357 e. The minimum atomic E-state index is 0.0779. The Balaban J connectivity index is 1.25. The molecule has 0 spiro atoms. The molecule has 2 aliphatic heterocycles. The van der Waals surface area contributed by atoms with E-state index in [2.05, 4.69) is 27.8 Å². The third-order valence-electron chi connectivity index (χ3n) is 6.20. The lowest BCUT2D eigenvalue weighted by atomic mass is 9.90. The number of aromatic nitrogens is 2. The van der Waals surface area contributed by atoms with Crippen molar-refractivity contribution >= 4 is 12.6 Å². The van der Waals surface area contributed by atoms with Crippen LogP contribution in [0.1, 0.15) is 34.6 Å². The van der Waals surface area contributed by atoms with E-state index in [-0.39, 0.29) is 5.91 Å². The molecule has 7 nitrogen and oxygen atoms in total. The van der Waals surface area contributed by atoms with E-state index >= 15 is 0 Å². The minimum Gasteiger partial charge on any atom is -0.357 e. The number of fused-ring (bicyclic) bond motifs is 1. The van der Waals surface area contributed by atoms with E-state index in [1.165, 1.54) is 5.56 Å². The van der Waals surface area contributed by atoms with E-state index in [1.54, 1.807) is 6.33 Å². The maximum Gasteiger partial charge on any atom is 0.274 e. The molecule has 2 aliphatic rings. The van der Waals surface area contributed by atoms with E-state index in [9.17, 15) is 4.79 Å². The van der Waals surface area contributed by atoms with E-state index in [4.69, 9.17) is 4.84 Å². The second-order valence-corrected chi connectivity index (χ2v) is 8.01. The van der Waals surface area contributed by atoms with Crippen molar-refractivity contribution in [1.82, 2.24) is 19.4 Å². The Bertz CT molecular complexity index is 870. The van der Waals surface area contributed by atoms with Crippen LogP contribution in [0.3, 0.4) is 0 Å². The number of piperidine rings is 1. The molecular weight excluding hydrogens is 366 g/mol. The zero-order chi connectivity index (χ0) is 20.2. The molecule has 1 saturated heterocycles. The predicted molar refractivity (Wildman–Crippen MR) is 112 cm³/mol. The Morgan fingerprint density at radius 1 is 1.21 bits per heavy atom. The topological polar surface area (TPSA) is 63.0 Å². The number of imidazole rings is 1. The molecule has 1 aromatic heterocycles. The van der Waals surface area contributed by atoms with Gasteiger partial charge in [-0.1, -0.05) is 23.4 Å². The molecule has 0 unspecified atom stereocenters. The summed E-state index contributed by atoms with van der Waals surface area (Å²) in [5, 5.41) is 3.57. The highest BCUT2D eigenvalue weighted by molar-refractivity contribution is 5.94. The first-order valence-electron chi connectivity index (χ1n) is 10.4. The standard InChI is InChI=1S/C22H29N5O2/c1-23-29-20-6-4-3-5-18(20)15-17-7-10-26(11-8-17)13-14-27-12-9-19-21(22(27)28)24-16-25(19)2/h3-6,16-17H,1,7-15H2,2H3. The summed E-state index contributed by atoms with van der Waals surface area (Å²) in [6, 6.07) is 8.06. The fourth-order valence-electron chi connectivity index (χ4n) is 4.45. The third-order valence-corrected chi connectivity index (χ3v) is 6.20. The molecule has 0 bridgehead atoms. The van der Waals surface area contributed by atoms with Gasteiger partial charge in [0.1, 0.15) is 5.69 Å². The molecule has 3 heterocycles. The number of aryl methyl sites for hydroxylation is 1. The van der Waals surface area contributed by atoms with E-state index in [1.807, 2.05) is 34.7 Å². The van der Waals surface area contributed by atoms with Gasteiger partial charge in [-0.15, -0.1) is 0 Å². The van der Waals surface area contributed by atoms with Crippen molar-refractivity contribution in [2.45, 2.75) is 25.7 Å². The number of nitrogens with zero attached hydrogens (tertiary/aromatic N) is 5. The SMILES string of the molecule is C=NOc1ccccc1CC1CCN(CCN2CCc3c(ncn3C)C2=O)CC1. The summed E-state index contributed by atoms with van der Waals surface area (Å²) in [7, 11) is 1.96. The Morgan fingerprint density at radius 2 is 2.00 bits per heavy atom. The van der Waals surface area contributed by atoms with Crippen molar-refractivity contribution in [2.75, 3.05) is 32.7 Å². The zero-order valence-electron chi connectivity index (χ0n) is 17.1. The van der Waals surface area contributed by atoms with Crippen molar-refractivity contribution < 1.29 is 9.63 Å². The Hall–Kier alpha value is -2.67. The van der Waals surface area contributed by atoms with Crippen molar-refractivity contribution in [1.29, 1.82) is 0 Å². The number of rotatable bonds is 7. The summed E-state index contributed by atoms with van der Waals surface area (Å²) in [4.78, 5) is 26.7. The second kappa shape index (κ2) is 8.78. The number of amides is 1. The number of carbonyl (C=O) groups is 1.